The van der Waals surface area contributed by atoms with Crippen LogP contribution >= 0.6 is 0 Å². The van der Waals surface area contributed by atoms with Crippen molar-refractivity contribution < 1.29 is 0 Å². The minimum Gasteiger partial charge on any atom is -0.344 e. The topological polar surface area (TPSA) is 57.0 Å². The molecule has 0 unspecified atom stereocenters. The molecule has 41 heavy (non-hydrogen) atoms. The third kappa shape index (κ3) is 8.32. The number of rotatable bonds is 10. The predicted octanol–water partition coefficient (Wildman–Crippen LogP) is 8.71. The second-order valence-electron chi connectivity index (χ2n) is 9.19. The molecule has 6 heteroatoms. The number of hydrogen-bond donors (Lipinski definition) is 0. The molecule has 0 atom stereocenters. The Morgan fingerprint density at radius 1 is 0.927 bits per heavy atom. The van der Waals surface area contributed by atoms with Crippen LogP contribution in [0.1, 0.15) is 50.3 Å². The smallest absolute Gasteiger partial charge is 0.165 e. The van der Waals surface area contributed by atoms with Crippen molar-refractivity contribution in [1.82, 2.24) is 9.97 Å². The highest BCUT2D eigenvalue weighted by molar-refractivity contribution is 6.09. The standard InChI is InChI=1S/C31H32N6.C4H8/c1-5-25(6-2)28-13-7-8-14-29(28)36(4)27-18-16-24(17-19-27)23-37(30-15-9-10-21-34-30)31(35-32-3)26-12-11-20-33-22-26;1-3-4-2/h5,7-22H,3,6,23H2,1-2,4H3;3H,1,4H2,2H3/b25-5+,35-31-;. The van der Waals surface area contributed by atoms with Crippen molar-refractivity contribution in [2.75, 3.05) is 16.8 Å². The summed E-state index contributed by atoms with van der Waals surface area (Å²) in [6.45, 7) is 14.0. The molecule has 0 N–H and O–H groups in total. The zero-order valence-corrected chi connectivity index (χ0v) is 24.6. The van der Waals surface area contributed by atoms with Crippen molar-refractivity contribution in [3.63, 3.8) is 0 Å². The van der Waals surface area contributed by atoms with Gasteiger partial charge in [-0.3, -0.25) is 4.98 Å². The Bertz CT molecular complexity index is 1430. The zero-order chi connectivity index (χ0) is 29.5. The van der Waals surface area contributed by atoms with Gasteiger partial charge < -0.3 is 9.80 Å². The van der Waals surface area contributed by atoms with Crippen LogP contribution in [-0.2, 0) is 6.54 Å². The Labute approximate surface area is 245 Å². The van der Waals surface area contributed by atoms with Gasteiger partial charge in [0.2, 0.25) is 0 Å². The molecule has 2 aromatic heterocycles. The maximum atomic E-state index is 4.58. The van der Waals surface area contributed by atoms with Crippen LogP contribution in [0, 0.1) is 0 Å². The van der Waals surface area contributed by atoms with E-state index in [1.165, 1.54) is 16.8 Å². The normalized spacial score (nSPS) is 11.2. The van der Waals surface area contributed by atoms with Gasteiger partial charge in [-0.05, 0) is 73.4 Å². The fraction of sp³-hybridized carbons (Fsp3) is 0.200. The van der Waals surface area contributed by atoms with E-state index >= 15 is 0 Å². The fourth-order valence-electron chi connectivity index (χ4n) is 4.34. The third-order valence-electron chi connectivity index (χ3n) is 6.56. The Morgan fingerprint density at radius 3 is 2.24 bits per heavy atom. The van der Waals surface area contributed by atoms with Gasteiger partial charge in [0.25, 0.3) is 0 Å². The van der Waals surface area contributed by atoms with E-state index in [1.54, 1.807) is 18.6 Å². The van der Waals surface area contributed by atoms with E-state index in [2.05, 4.69) is 121 Å². The molecule has 0 fully saturated rings. The minimum absolute atomic E-state index is 0.555. The Hall–Kier alpha value is -4.84. The predicted molar refractivity (Wildman–Crippen MR) is 176 cm³/mol. The van der Waals surface area contributed by atoms with Crippen molar-refractivity contribution in [3.05, 3.63) is 133 Å². The van der Waals surface area contributed by atoms with E-state index in [1.807, 2.05) is 41.3 Å². The van der Waals surface area contributed by atoms with Crippen LogP contribution in [0.2, 0.25) is 0 Å². The molecule has 0 saturated carbocycles. The van der Waals surface area contributed by atoms with Gasteiger partial charge >= 0.3 is 0 Å². The first-order valence-electron chi connectivity index (χ1n) is 13.9. The van der Waals surface area contributed by atoms with Crippen LogP contribution < -0.4 is 9.80 Å². The number of para-hydroxylation sites is 1. The first kappa shape index (κ1) is 30.7. The molecule has 210 valence electrons. The van der Waals surface area contributed by atoms with Gasteiger partial charge in [0.1, 0.15) is 5.82 Å². The molecule has 2 aromatic carbocycles. The Morgan fingerprint density at radius 2 is 1.66 bits per heavy atom. The van der Waals surface area contributed by atoms with Crippen LogP contribution in [-0.4, -0.2) is 29.6 Å². The van der Waals surface area contributed by atoms with Crippen LogP contribution in [0.5, 0.6) is 0 Å². The first-order chi connectivity index (χ1) is 20.1. The van der Waals surface area contributed by atoms with Gasteiger partial charge in [-0.25, -0.2) is 4.98 Å². The number of allylic oxidation sites excluding steroid dienone is 3. The quantitative estimate of drug-likeness (QED) is 0.0867. The number of pyridine rings is 2. The number of nitrogens with zero attached hydrogens (tertiary/aromatic N) is 6. The van der Waals surface area contributed by atoms with Crippen molar-refractivity contribution in [3.8, 4) is 0 Å². The molecule has 0 amide bonds. The van der Waals surface area contributed by atoms with Crippen LogP contribution in [0.15, 0.2) is 126 Å². The molecule has 2 heterocycles. The molecule has 0 bridgehead atoms. The number of hydrogen-bond acceptors (Lipinski definition) is 5. The molecule has 0 radical (unpaired) electrons. The summed E-state index contributed by atoms with van der Waals surface area (Å²) in [5.74, 6) is 1.40. The number of aromatic nitrogens is 2. The SMILES string of the molecule is C=CCC.C=N/N=C(/c1cccnc1)N(Cc1ccc(N(C)c2ccccc2/C(=C/C)CC)cc1)c1ccccn1. The van der Waals surface area contributed by atoms with Crippen molar-refractivity contribution in [2.24, 2.45) is 10.2 Å². The summed E-state index contributed by atoms with van der Waals surface area (Å²) in [6.07, 6.45) is 11.4. The van der Waals surface area contributed by atoms with Crippen molar-refractivity contribution in [2.45, 2.75) is 40.2 Å². The highest BCUT2D eigenvalue weighted by atomic mass is 15.3. The van der Waals surface area contributed by atoms with Gasteiger partial charge in [-0.15, -0.1) is 11.7 Å². The second-order valence-corrected chi connectivity index (χ2v) is 9.19. The first-order valence-corrected chi connectivity index (χ1v) is 13.9. The van der Waals surface area contributed by atoms with E-state index in [-0.39, 0.29) is 0 Å². The zero-order valence-electron chi connectivity index (χ0n) is 24.6. The molecular formula is C35H40N6. The summed E-state index contributed by atoms with van der Waals surface area (Å²) in [5.41, 5.74) is 6.84. The molecule has 4 aromatic rings. The minimum atomic E-state index is 0.555. The molecule has 4 rings (SSSR count). The highest BCUT2D eigenvalue weighted by Crippen LogP contribution is 2.33. The van der Waals surface area contributed by atoms with Crippen molar-refractivity contribution in [1.29, 1.82) is 0 Å². The summed E-state index contributed by atoms with van der Waals surface area (Å²) < 4.78 is 0. The van der Waals surface area contributed by atoms with Crippen LogP contribution in [0.3, 0.4) is 0 Å². The lowest BCUT2D eigenvalue weighted by molar-refractivity contribution is 0.963. The van der Waals surface area contributed by atoms with E-state index in [0.29, 0.717) is 12.4 Å². The summed E-state index contributed by atoms with van der Waals surface area (Å²) in [7, 11) is 2.11. The summed E-state index contributed by atoms with van der Waals surface area (Å²) >= 11 is 0. The van der Waals surface area contributed by atoms with E-state index in [0.717, 1.165) is 35.5 Å². The van der Waals surface area contributed by atoms with Gasteiger partial charge in [0.15, 0.2) is 5.84 Å². The third-order valence-corrected chi connectivity index (χ3v) is 6.56. The summed E-state index contributed by atoms with van der Waals surface area (Å²) in [6, 6.07) is 26.8. The monoisotopic (exact) mass is 544 g/mol. The molecule has 0 aliphatic carbocycles. The number of benzene rings is 2. The maximum absolute atomic E-state index is 4.58. The highest BCUT2D eigenvalue weighted by Gasteiger charge is 2.19. The number of anilines is 3. The number of amidine groups is 1. The van der Waals surface area contributed by atoms with Crippen LogP contribution in [0.4, 0.5) is 17.2 Å². The summed E-state index contributed by atoms with van der Waals surface area (Å²) in [4.78, 5) is 13.1. The van der Waals surface area contributed by atoms with Crippen molar-refractivity contribution >= 4 is 35.3 Å². The lowest BCUT2D eigenvalue weighted by Gasteiger charge is -2.26. The van der Waals surface area contributed by atoms with E-state index in [9.17, 15) is 0 Å². The summed E-state index contributed by atoms with van der Waals surface area (Å²) in [5, 5.41) is 8.20. The Kier molecular flexibility index (Phi) is 12.2. The molecule has 0 spiro atoms. The molecule has 0 saturated heterocycles. The van der Waals surface area contributed by atoms with Gasteiger partial charge in [-0.2, -0.15) is 5.10 Å². The Balaban J connectivity index is 0.00000108. The molecule has 6 nitrogen and oxygen atoms in total. The van der Waals surface area contributed by atoms with Gasteiger partial charge in [-0.1, -0.05) is 62.4 Å². The lowest BCUT2D eigenvalue weighted by atomic mass is 10.0. The van der Waals surface area contributed by atoms with E-state index in [4.69, 9.17) is 0 Å². The van der Waals surface area contributed by atoms with Crippen LogP contribution in [0.25, 0.3) is 5.57 Å². The fourth-order valence-corrected chi connectivity index (χ4v) is 4.34. The van der Waals surface area contributed by atoms with E-state index < -0.39 is 0 Å². The largest absolute Gasteiger partial charge is 0.344 e. The average Bonchev–Trinajstić information content (AvgIpc) is 3.04. The second kappa shape index (κ2) is 16.3. The molecule has 0 aliphatic heterocycles. The molecular weight excluding hydrogens is 504 g/mol. The lowest BCUT2D eigenvalue weighted by Crippen LogP contribution is -2.32. The molecule has 0 aliphatic rings. The van der Waals surface area contributed by atoms with Gasteiger partial charge in [0.05, 0.1) is 6.54 Å². The van der Waals surface area contributed by atoms with Gasteiger partial charge in [0, 0.05) is 54.9 Å². The average molecular weight is 545 g/mol. The maximum Gasteiger partial charge on any atom is 0.165 e.